The van der Waals surface area contributed by atoms with E-state index in [2.05, 4.69) is 10.6 Å². The summed E-state index contributed by atoms with van der Waals surface area (Å²) >= 11 is 0. The van der Waals surface area contributed by atoms with Gasteiger partial charge in [-0.15, -0.1) is 12.4 Å². The van der Waals surface area contributed by atoms with E-state index in [1.807, 2.05) is 56.3 Å². The van der Waals surface area contributed by atoms with Crippen molar-refractivity contribution < 1.29 is 14.3 Å². The van der Waals surface area contributed by atoms with Crippen LogP contribution in [0.5, 0.6) is 0 Å². The number of nitrogens with two attached hydrogens (primary N) is 1. The third kappa shape index (κ3) is 6.20. The predicted octanol–water partition coefficient (Wildman–Crippen LogP) is 2.16. The Hall–Kier alpha value is -2.15. The maximum absolute atomic E-state index is 12.7. The topological polar surface area (TPSA) is 93.4 Å². The minimum Gasteiger partial charge on any atom is -0.375 e. The normalized spacial score (nSPS) is 12.9. The Labute approximate surface area is 166 Å². The first-order valence-corrected chi connectivity index (χ1v) is 8.73. The molecule has 0 fully saturated rings. The molecule has 1 unspecified atom stereocenters. The fraction of sp³-hybridized carbons (Fsp3) is 0.400. The van der Waals surface area contributed by atoms with Gasteiger partial charge in [-0.3, -0.25) is 9.59 Å². The molecule has 0 heterocycles. The van der Waals surface area contributed by atoms with Crippen molar-refractivity contribution in [1.29, 1.82) is 0 Å². The Morgan fingerprint density at radius 1 is 1.07 bits per heavy atom. The number of methoxy groups -OCH3 is 1. The molecule has 0 aliphatic heterocycles. The Morgan fingerprint density at radius 2 is 1.74 bits per heavy atom. The molecule has 0 aliphatic rings. The van der Waals surface area contributed by atoms with Crippen LogP contribution in [0.3, 0.4) is 0 Å². The first-order chi connectivity index (χ1) is 12.5. The van der Waals surface area contributed by atoms with Crippen molar-refractivity contribution in [3.63, 3.8) is 0 Å². The van der Waals surface area contributed by atoms with Crippen LogP contribution in [0.15, 0.2) is 42.5 Å². The molecule has 2 aromatic carbocycles. The third-order valence-electron chi connectivity index (χ3n) is 4.27. The summed E-state index contributed by atoms with van der Waals surface area (Å²) in [5.41, 5.74) is 6.84. The number of hydrogen-bond acceptors (Lipinski definition) is 4. The molecule has 4 N–H and O–H groups in total. The van der Waals surface area contributed by atoms with Gasteiger partial charge in [-0.05, 0) is 28.3 Å². The van der Waals surface area contributed by atoms with E-state index in [4.69, 9.17) is 10.5 Å². The number of ether oxygens (including phenoxy) is 1. The largest absolute Gasteiger partial charge is 0.375 e. The standard InChI is InChI=1S/C20H27N3O3.ClH/c1-13(2)19(23-18(24)12-26-3)20(25)22-17(11-21)16-9-8-14-6-4-5-7-15(14)10-16;/h4-10,13,17,19H,11-12,21H2,1-3H3,(H,22,25)(H,23,24);1H/t17?,19-;/m0./s1. The molecule has 0 saturated heterocycles. The molecule has 0 bridgehead atoms. The van der Waals surface area contributed by atoms with E-state index in [1.165, 1.54) is 7.11 Å². The molecular weight excluding hydrogens is 366 g/mol. The zero-order valence-corrected chi connectivity index (χ0v) is 16.7. The van der Waals surface area contributed by atoms with Crippen LogP contribution in [0, 0.1) is 5.92 Å². The number of carbonyl (C=O) groups excluding carboxylic acids is 2. The summed E-state index contributed by atoms with van der Waals surface area (Å²) in [4.78, 5) is 24.5. The first kappa shape index (κ1) is 22.9. The molecule has 2 atom stereocenters. The Bertz CT molecular complexity index is 767. The molecule has 2 amide bonds. The summed E-state index contributed by atoms with van der Waals surface area (Å²) in [6, 6.07) is 13.1. The fourth-order valence-electron chi connectivity index (χ4n) is 2.85. The Kier molecular flexibility index (Phi) is 9.21. The van der Waals surface area contributed by atoms with Crippen molar-refractivity contribution in [3.05, 3.63) is 48.0 Å². The van der Waals surface area contributed by atoms with Gasteiger partial charge in [-0.25, -0.2) is 0 Å². The second-order valence-corrected chi connectivity index (χ2v) is 6.63. The molecule has 0 saturated carbocycles. The minimum absolute atomic E-state index is 0. The Morgan fingerprint density at radius 3 is 2.33 bits per heavy atom. The summed E-state index contributed by atoms with van der Waals surface area (Å²) in [5.74, 6) is -0.643. The van der Waals surface area contributed by atoms with Gasteiger partial charge in [0.05, 0.1) is 6.04 Å². The second-order valence-electron chi connectivity index (χ2n) is 6.63. The molecule has 148 valence electrons. The quantitative estimate of drug-likeness (QED) is 0.640. The summed E-state index contributed by atoms with van der Waals surface area (Å²) in [5, 5.41) is 7.89. The lowest BCUT2D eigenvalue weighted by Crippen LogP contribution is -2.51. The van der Waals surface area contributed by atoms with E-state index in [-0.39, 0.29) is 49.3 Å². The number of nitrogens with one attached hydrogen (secondary N) is 2. The van der Waals surface area contributed by atoms with Crippen molar-refractivity contribution in [3.8, 4) is 0 Å². The summed E-state index contributed by atoms with van der Waals surface area (Å²) in [6.45, 7) is 3.94. The summed E-state index contributed by atoms with van der Waals surface area (Å²) < 4.78 is 4.81. The smallest absolute Gasteiger partial charge is 0.246 e. The van der Waals surface area contributed by atoms with Gasteiger partial charge in [-0.1, -0.05) is 50.2 Å². The highest BCUT2D eigenvalue weighted by atomic mass is 35.5. The van der Waals surface area contributed by atoms with E-state index in [0.717, 1.165) is 16.3 Å². The van der Waals surface area contributed by atoms with Crippen molar-refractivity contribution in [1.82, 2.24) is 10.6 Å². The van der Waals surface area contributed by atoms with Crippen molar-refractivity contribution >= 4 is 35.0 Å². The average Bonchev–Trinajstić information content (AvgIpc) is 2.63. The number of halogens is 1. The highest BCUT2D eigenvalue weighted by Gasteiger charge is 2.26. The Balaban J connectivity index is 0.00000364. The van der Waals surface area contributed by atoms with E-state index in [0.29, 0.717) is 0 Å². The third-order valence-corrected chi connectivity index (χ3v) is 4.27. The molecule has 0 aliphatic carbocycles. The zero-order valence-electron chi connectivity index (χ0n) is 15.9. The molecule has 0 aromatic heterocycles. The van der Waals surface area contributed by atoms with Crippen molar-refractivity contribution in [2.45, 2.75) is 25.9 Å². The first-order valence-electron chi connectivity index (χ1n) is 8.73. The van der Waals surface area contributed by atoms with E-state index < -0.39 is 6.04 Å². The molecule has 0 radical (unpaired) electrons. The molecule has 2 rings (SSSR count). The van der Waals surface area contributed by atoms with Crippen LogP contribution in [0.1, 0.15) is 25.5 Å². The van der Waals surface area contributed by atoms with Gasteiger partial charge in [0.2, 0.25) is 11.8 Å². The fourth-order valence-corrected chi connectivity index (χ4v) is 2.85. The van der Waals surface area contributed by atoms with Crippen LogP contribution in [-0.2, 0) is 14.3 Å². The molecule has 0 spiro atoms. The number of carbonyl (C=O) groups is 2. The van der Waals surface area contributed by atoms with Crippen LogP contribution >= 0.6 is 12.4 Å². The number of rotatable bonds is 8. The SMILES string of the molecule is COCC(=O)N[C@H](C(=O)NC(CN)c1ccc2ccccc2c1)C(C)C.Cl. The van der Waals surface area contributed by atoms with Gasteiger partial charge in [0, 0.05) is 13.7 Å². The molecule has 6 nitrogen and oxygen atoms in total. The van der Waals surface area contributed by atoms with Gasteiger partial charge in [0.1, 0.15) is 12.6 Å². The maximum Gasteiger partial charge on any atom is 0.246 e. The van der Waals surface area contributed by atoms with Gasteiger partial charge in [-0.2, -0.15) is 0 Å². The van der Waals surface area contributed by atoms with E-state index in [1.54, 1.807) is 0 Å². The van der Waals surface area contributed by atoms with Crippen LogP contribution in [-0.4, -0.2) is 38.1 Å². The maximum atomic E-state index is 12.7. The van der Waals surface area contributed by atoms with Gasteiger partial charge in [0.25, 0.3) is 0 Å². The molecule has 2 aromatic rings. The van der Waals surface area contributed by atoms with E-state index >= 15 is 0 Å². The van der Waals surface area contributed by atoms with Crippen molar-refractivity contribution in [2.24, 2.45) is 11.7 Å². The number of amides is 2. The van der Waals surface area contributed by atoms with E-state index in [9.17, 15) is 9.59 Å². The average molecular weight is 394 g/mol. The predicted molar refractivity (Wildman–Crippen MR) is 110 cm³/mol. The van der Waals surface area contributed by atoms with Gasteiger partial charge < -0.3 is 21.1 Å². The number of fused-ring (bicyclic) bond motifs is 1. The minimum atomic E-state index is -0.646. The lowest BCUT2D eigenvalue weighted by atomic mass is 9.99. The highest BCUT2D eigenvalue weighted by Crippen LogP contribution is 2.20. The van der Waals surface area contributed by atoms with Crippen LogP contribution in [0.4, 0.5) is 0 Å². The lowest BCUT2D eigenvalue weighted by molar-refractivity contribution is -0.132. The number of hydrogen-bond donors (Lipinski definition) is 3. The number of benzene rings is 2. The van der Waals surface area contributed by atoms with Crippen molar-refractivity contribution in [2.75, 3.05) is 20.3 Å². The van der Waals surface area contributed by atoms with Crippen LogP contribution in [0.25, 0.3) is 10.8 Å². The highest BCUT2D eigenvalue weighted by molar-refractivity contribution is 5.89. The molecule has 7 heteroatoms. The summed E-state index contributed by atoms with van der Waals surface area (Å²) in [7, 11) is 1.44. The second kappa shape index (κ2) is 10.9. The zero-order chi connectivity index (χ0) is 19.1. The van der Waals surface area contributed by atoms with Gasteiger partial charge in [0.15, 0.2) is 0 Å². The van der Waals surface area contributed by atoms with Crippen LogP contribution < -0.4 is 16.4 Å². The molecule has 27 heavy (non-hydrogen) atoms. The monoisotopic (exact) mass is 393 g/mol. The molecular formula is C20H28ClN3O3. The van der Waals surface area contributed by atoms with Gasteiger partial charge >= 0.3 is 0 Å². The summed E-state index contributed by atoms with van der Waals surface area (Å²) in [6.07, 6.45) is 0. The lowest BCUT2D eigenvalue weighted by Gasteiger charge is -2.25. The van der Waals surface area contributed by atoms with Crippen LogP contribution in [0.2, 0.25) is 0 Å².